The first-order chi connectivity index (χ1) is 8.31. The normalized spacial score (nSPS) is 29.7. The predicted octanol–water partition coefficient (Wildman–Crippen LogP) is 3.04. The summed E-state index contributed by atoms with van der Waals surface area (Å²) in [7, 11) is 0. The highest BCUT2D eigenvalue weighted by Crippen LogP contribution is 2.25. The van der Waals surface area contributed by atoms with Crippen molar-refractivity contribution in [3.8, 4) is 0 Å². The molecule has 0 aliphatic carbocycles. The number of alkyl halides is 3. The zero-order valence-electron chi connectivity index (χ0n) is 11.6. The average Bonchev–Trinajstić information content (AvgIpc) is 2.21. The van der Waals surface area contributed by atoms with Crippen LogP contribution in [0.4, 0.5) is 13.2 Å². The van der Waals surface area contributed by atoms with Gasteiger partial charge in [0, 0.05) is 18.6 Å². The van der Waals surface area contributed by atoms with Gasteiger partial charge < -0.3 is 5.32 Å². The Morgan fingerprint density at radius 2 is 2.06 bits per heavy atom. The van der Waals surface area contributed by atoms with E-state index in [0.29, 0.717) is 12.0 Å². The van der Waals surface area contributed by atoms with Crippen LogP contribution in [0.2, 0.25) is 0 Å². The molecule has 18 heavy (non-hydrogen) atoms. The third kappa shape index (κ3) is 5.57. The molecule has 0 saturated carbocycles. The summed E-state index contributed by atoms with van der Waals surface area (Å²) in [6.45, 7) is 8.31. The number of hydrogen-bond donors (Lipinski definition) is 1. The quantitative estimate of drug-likeness (QED) is 0.844. The van der Waals surface area contributed by atoms with Crippen LogP contribution in [0.5, 0.6) is 0 Å². The van der Waals surface area contributed by atoms with Gasteiger partial charge in [-0.05, 0) is 38.8 Å². The van der Waals surface area contributed by atoms with Crippen molar-refractivity contribution < 1.29 is 13.2 Å². The maximum atomic E-state index is 12.4. The number of nitrogens with one attached hydrogen (secondary N) is 1. The van der Waals surface area contributed by atoms with Gasteiger partial charge in [-0.1, -0.05) is 13.8 Å². The van der Waals surface area contributed by atoms with Crippen LogP contribution in [0.1, 0.15) is 40.0 Å². The topological polar surface area (TPSA) is 15.3 Å². The van der Waals surface area contributed by atoms with Gasteiger partial charge in [0.05, 0.1) is 6.42 Å². The van der Waals surface area contributed by atoms with Crippen molar-refractivity contribution in [2.75, 3.05) is 19.6 Å². The molecule has 3 unspecified atom stereocenters. The highest BCUT2D eigenvalue weighted by Gasteiger charge is 2.33. The lowest BCUT2D eigenvalue weighted by Crippen LogP contribution is -2.47. The first kappa shape index (κ1) is 15.8. The van der Waals surface area contributed by atoms with E-state index < -0.39 is 18.6 Å². The van der Waals surface area contributed by atoms with Crippen molar-refractivity contribution in [3.05, 3.63) is 0 Å². The lowest BCUT2D eigenvalue weighted by Gasteiger charge is -2.36. The molecular weight excluding hydrogens is 241 g/mol. The van der Waals surface area contributed by atoms with E-state index in [2.05, 4.69) is 19.2 Å². The maximum Gasteiger partial charge on any atom is 0.390 e. The molecule has 1 rings (SSSR count). The molecular formula is C13H25F3N2. The minimum Gasteiger partial charge on any atom is -0.314 e. The maximum absolute atomic E-state index is 12.4. The largest absolute Gasteiger partial charge is 0.390 e. The molecule has 2 nitrogen and oxygen atoms in total. The zero-order valence-corrected chi connectivity index (χ0v) is 11.6. The van der Waals surface area contributed by atoms with Gasteiger partial charge in [-0.2, -0.15) is 13.2 Å². The first-order valence-electron chi connectivity index (χ1n) is 6.86. The molecule has 0 aromatic carbocycles. The van der Waals surface area contributed by atoms with Gasteiger partial charge in [-0.3, -0.25) is 4.90 Å². The monoisotopic (exact) mass is 266 g/mol. The van der Waals surface area contributed by atoms with Crippen molar-refractivity contribution in [1.29, 1.82) is 0 Å². The summed E-state index contributed by atoms with van der Waals surface area (Å²) in [5.41, 5.74) is 0. The minimum atomic E-state index is -4.06. The number of rotatable bonds is 3. The molecule has 1 heterocycles. The fraction of sp³-hybridized carbons (Fsp3) is 1.00. The lowest BCUT2D eigenvalue weighted by molar-refractivity contribution is -0.146. The molecule has 5 heteroatoms. The number of nitrogens with zero attached hydrogens (tertiary/aromatic N) is 1. The van der Waals surface area contributed by atoms with E-state index in [-0.39, 0.29) is 0 Å². The Kier molecular flexibility index (Phi) is 5.92. The molecule has 1 N–H and O–H groups in total. The van der Waals surface area contributed by atoms with Crippen LogP contribution < -0.4 is 5.32 Å². The molecule has 0 amide bonds. The average molecular weight is 266 g/mol. The van der Waals surface area contributed by atoms with E-state index >= 15 is 0 Å². The fourth-order valence-corrected chi connectivity index (χ4v) is 2.56. The minimum absolute atomic E-state index is 0.398. The van der Waals surface area contributed by atoms with Gasteiger partial charge in [0.25, 0.3) is 0 Å². The van der Waals surface area contributed by atoms with Crippen molar-refractivity contribution in [2.45, 2.75) is 58.3 Å². The Morgan fingerprint density at radius 3 is 2.61 bits per heavy atom. The molecule has 0 radical (unpaired) electrons. The van der Waals surface area contributed by atoms with Crippen molar-refractivity contribution in [1.82, 2.24) is 10.2 Å². The summed E-state index contributed by atoms with van der Waals surface area (Å²) in [5.74, 6) is 0.398. The SMILES string of the molecule is CCC1CCN(C(C)CC(F)(F)F)CC(C)CN1. The van der Waals surface area contributed by atoms with E-state index in [4.69, 9.17) is 0 Å². The van der Waals surface area contributed by atoms with Gasteiger partial charge in [-0.25, -0.2) is 0 Å². The van der Waals surface area contributed by atoms with Crippen LogP contribution in [0, 0.1) is 5.92 Å². The molecule has 108 valence electrons. The summed E-state index contributed by atoms with van der Waals surface area (Å²) in [4.78, 5) is 2.00. The van der Waals surface area contributed by atoms with Gasteiger partial charge in [0.1, 0.15) is 0 Å². The van der Waals surface area contributed by atoms with Gasteiger partial charge >= 0.3 is 6.18 Å². The number of halogens is 3. The summed E-state index contributed by atoms with van der Waals surface area (Å²) < 4.78 is 37.3. The Hall–Kier alpha value is -0.290. The smallest absolute Gasteiger partial charge is 0.314 e. The van der Waals surface area contributed by atoms with E-state index in [1.807, 2.05) is 4.90 Å². The highest BCUT2D eigenvalue weighted by atomic mass is 19.4. The molecule has 0 aromatic rings. The summed E-state index contributed by atoms with van der Waals surface area (Å²) in [6.07, 6.45) is -2.79. The number of hydrogen-bond acceptors (Lipinski definition) is 2. The Morgan fingerprint density at radius 1 is 1.39 bits per heavy atom. The standard InChI is InChI=1S/C13H25F3N2/c1-4-12-5-6-18(9-10(2)8-17-12)11(3)7-13(14,15)16/h10-12,17H,4-9H2,1-3H3. The van der Waals surface area contributed by atoms with Crippen molar-refractivity contribution in [3.63, 3.8) is 0 Å². The third-order valence-electron chi connectivity index (χ3n) is 3.71. The van der Waals surface area contributed by atoms with Gasteiger partial charge in [-0.15, -0.1) is 0 Å². The highest BCUT2D eigenvalue weighted by molar-refractivity contribution is 4.79. The van der Waals surface area contributed by atoms with E-state index in [0.717, 1.165) is 32.5 Å². The molecule has 0 spiro atoms. The predicted molar refractivity (Wildman–Crippen MR) is 67.6 cm³/mol. The Balaban J connectivity index is 2.56. The van der Waals surface area contributed by atoms with Gasteiger partial charge in [0.15, 0.2) is 0 Å². The lowest BCUT2D eigenvalue weighted by atomic mass is 10.0. The molecule has 1 fully saturated rings. The summed E-state index contributed by atoms with van der Waals surface area (Å²) in [5, 5.41) is 3.48. The van der Waals surface area contributed by atoms with Crippen LogP contribution in [0.25, 0.3) is 0 Å². The molecule has 0 aromatic heterocycles. The van der Waals surface area contributed by atoms with Gasteiger partial charge in [0.2, 0.25) is 0 Å². The second-order valence-corrected chi connectivity index (χ2v) is 5.57. The molecule has 3 atom stereocenters. The zero-order chi connectivity index (χ0) is 13.8. The second kappa shape index (κ2) is 6.75. The Labute approximate surface area is 108 Å². The molecule has 0 bridgehead atoms. The van der Waals surface area contributed by atoms with Crippen LogP contribution in [0.3, 0.4) is 0 Å². The van der Waals surface area contributed by atoms with E-state index in [1.54, 1.807) is 6.92 Å². The van der Waals surface area contributed by atoms with E-state index in [9.17, 15) is 13.2 Å². The summed E-state index contributed by atoms with van der Waals surface area (Å²) in [6, 6.07) is 0.0244. The van der Waals surface area contributed by atoms with Crippen LogP contribution in [-0.2, 0) is 0 Å². The fourth-order valence-electron chi connectivity index (χ4n) is 2.56. The molecule has 1 saturated heterocycles. The summed E-state index contributed by atoms with van der Waals surface area (Å²) >= 11 is 0. The Bertz CT molecular complexity index is 243. The first-order valence-corrected chi connectivity index (χ1v) is 6.86. The molecule has 1 aliphatic heterocycles. The second-order valence-electron chi connectivity index (χ2n) is 5.57. The van der Waals surface area contributed by atoms with E-state index in [1.165, 1.54) is 0 Å². The van der Waals surface area contributed by atoms with Crippen LogP contribution >= 0.6 is 0 Å². The van der Waals surface area contributed by atoms with Crippen LogP contribution in [-0.4, -0.2) is 42.8 Å². The third-order valence-corrected chi connectivity index (χ3v) is 3.71. The molecule has 1 aliphatic rings. The van der Waals surface area contributed by atoms with Crippen molar-refractivity contribution >= 4 is 0 Å². The van der Waals surface area contributed by atoms with Crippen molar-refractivity contribution in [2.24, 2.45) is 5.92 Å². The van der Waals surface area contributed by atoms with Crippen LogP contribution in [0.15, 0.2) is 0 Å².